The Balaban J connectivity index is 1.05. The molecule has 0 bridgehead atoms. The fourth-order valence-corrected chi connectivity index (χ4v) is 6.97. The Morgan fingerprint density at radius 3 is 2.74 bits per heavy atom. The lowest BCUT2D eigenvalue weighted by atomic mass is 9.92. The number of rotatable bonds is 10. The number of aromatic nitrogens is 2. The third kappa shape index (κ3) is 6.27. The third-order valence-electron chi connectivity index (χ3n) is 9.15. The van der Waals surface area contributed by atoms with Crippen molar-refractivity contribution in [2.75, 3.05) is 23.9 Å². The summed E-state index contributed by atoms with van der Waals surface area (Å²) in [5.74, 6) is 0.455. The van der Waals surface area contributed by atoms with Gasteiger partial charge in [0.05, 0.1) is 19.3 Å². The van der Waals surface area contributed by atoms with Gasteiger partial charge in [-0.05, 0) is 78.6 Å². The maximum Gasteiger partial charge on any atom is 0.283 e. The fraction of sp³-hybridized carbons (Fsp3) is 0.324. The molecule has 0 saturated heterocycles. The Labute approximate surface area is 272 Å². The molecule has 2 saturated carbocycles. The van der Waals surface area contributed by atoms with Crippen molar-refractivity contribution in [2.45, 2.75) is 32.2 Å². The van der Waals surface area contributed by atoms with Crippen LogP contribution < -0.4 is 15.0 Å². The Morgan fingerprint density at radius 2 is 1.91 bits per heavy atom. The zero-order valence-electron chi connectivity index (χ0n) is 25.1. The number of hydrogen-bond donors (Lipinski definition) is 2. The number of hydrogen-bond acceptors (Lipinski definition) is 6. The van der Waals surface area contributed by atoms with Crippen LogP contribution in [0.1, 0.15) is 45.8 Å². The number of ether oxygens (including phenoxy) is 1. The first-order chi connectivity index (χ1) is 22.1. The Hall–Kier alpha value is -4.19. The third-order valence-corrected chi connectivity index (χ3v) is 10.1. The van der Waals surface area contributed by atoms with Gasteiger partial charge >= 0.3 is 0 Å². The molecule has 3 aromatic carbocycles. The Morgan fingerprint density at radius 1 is 1.11 bits per heavy atom. The molecule has 1 aliphatic heterocycles. The van der Waals surface area contributed by atoms with Gasteiger partial charge in [0.1, 0.15) is 11.6 Å². The van der Waals surface area contributed by atoms with Crippen molar-refractivity contribution in [3.8, 4) is 16.9 Å². The molecular weight excluding hydrogens is 628 g/mol. The quantitative estimate of drug-likeness (QED) is 0.221. The molecule has 2 unspecified atom stereocenters. The van der Waals surface area contributed by atoms with Crippen LogP contribution in [0, 0.1) is 24.7 Å². The summed E-state index contributed by atoms with van der Waals surface area (Å²) in [5.41, 5.74) is 6.19. The van der Waals surface area contributed by atoms with Gasteiger partial charge in [-0.1, -0.05) is 41.9 Å². The predicted octanol–water partition coefficient (Wildman–Crippen LogP) is 5.30. The monoisotopic (exact) mass is 660 g/mol. The Kier molecular flexibility index (Phi) is 7.86. The molecule has 2 aliphatic carbocycles. The summed E-state index contributed by atoms with van der Waals surface area (Å²) >= 11 is 6.24. The number of amides is 2. The minimum atomic E-state index is -4.32. The molecule has 46 heavy (non-hydrogen) atoms. The van der Waals surface area contributed by atoms with E-state index in [-0.39, 0.29) is 23.3 Å². The molecule has 1 aromatic heterocycles. The van der Waals surface area contributed by atoms with Gasteiger partial charge in [0.2, 0.25) is 5.91 Å². The van der Waals surface area contributed by atoms with Crippen molar-refractivity contribution in [3.05, 3.63) is 100 Å². The van der Waals surface area contributed by atoms with Crippen LogP contribution in [0.15, 0.2) is 73.1 Å². The van der Waals surface area contributed by atoms with E-state index in [1.807, 2.05) is 54.5 Å². The number of anilines is 1. The average molecular weight is 661 g/mol. The topological polar surface area (TPSA) is 131 Å². The molecule has 3 aliphatic rings. The van der Waals surface area contributed by atoms with Gasteiger partial charge in [0.15, 0.2) is 0 Å². The van der Waals surface area contributed by atoms with Crippen LogP contribution in [0.4, 0.5) is 5.69 Å². The maximum atomic E-state index is 13.8. The minimum Gasteiger partial charge on any atom is -0.493 e. The molecule has 7 rings (SSSR count). The van der Waals surface area contributed by atoms with Crippen LogP contribution in [-0.4, -0.2) is 53.6 Å². The van der Waals surface area contributed by atoms with Crippen molar-refractivity contribution in [2.24, 2.45) is 17.8 Å². The average Bonchev–Trinajstić information content (AvgIpc) is 3.95. The lowest BCUT2D eigenvalue weighted by Gasteiger charge is -2.31. The predicted molar refractivity (Wildman–Crippen MR) is 174 cm³/mol. The highest BCUT2D eigenvalue weighted by Crippen LogP contribution is 2.58. The van der Waals surface area contributed by atoms with Gasteiger partial charge in [0.25, 0.3) is 16.0 Å². The summed E-state index contributed by atoms with van der Waals surface area (Å²) in [7, 11) is -4.32. The lowest BCUT2D eigenvalue weighted by molar-refractivity contribution is -0.120. The van der Waals surface area contributed by atoms with Crippen LogP contribution in [0.3, 0.4) is 0 Å². The molecule has 12 heteroatoms. The zero-order valence-corrected chi connectivity index (χ0v) is 26.7. The van der Waals surface area contributed by atoms with Crippen molar-refractivity contribution >= 4 is 39.2 Å². The van der Waals surface area contributed by atoms with Crippen molar-refractivity contribution in [3.63, 3.8) is 0 Å². The number of halogens is 1. The number of benzene rings is 3. The molecule has 0 spiro atoms. The molecule has 0 radical (unpaired) electrons. The van der Waals surface area contributed by atoms with E-state index in [1.54, 1.807) is 22.9 Å². The number of nitrogens with one attached hydrogen (secondary N) is 1. The fourth-order valence-electron chi connectivity index (χ4n) is 6.50. The van der Waals surface area contributed by atoms with E-state index in [0.29, 0.717) is 30.0 Å². The number of fused-ring (bicyclic) bond motifs is 3. The second-order valence-electron chi connectivity index (χ2n) is 12.4. The maximum absolute atomic E-state index is 13.8. The SMILES string of the molecule is Cc1c(Cl)cccc1OCC1CC1C(=O)N1C[C@@H]2C[C@@H]2c2c(-c3cnn(Cc4cccc(C(=O)NCS(=O)(=O)O)c4)c3)cccc21. The van der Waals surface area contributed by atoms with Gasteiger partial charge in [-0.2, -0.15) is 13.5 Å². The number of carbonyl (C=O) groups excluding carboxylic acids is 2. The van der Waals surface area contributed by atoms with Gasteiger partial charge in [-0.3, -0.25) is 18.8 Å². The first-order valence-electron chi connectivity index (χ1n) is 15.2. The van der Waals surface area contributed by atoms with E-state index in [0.717, 1.165) is 53.1 Å². The summed E-state index contributed by atoms with van der Waals surface area (Å²) in [5, 5.41) is 7.44. The Bertz CT molecular complexity index is 1960. The van der Waals surface area contributed by atoms with Crippen LogP contribution >= 0.6 is 11.6 Å². The van der Waals surface area contributed by atoms with Gasteiger partial charge in [-0.25, -0.2) is 0 Å². The standard InChI is InChI=1S/C34H33ClN4O6S/c1-20-29(35)8-4-10-31(20)45-18-24-13-28(24)34(41)39-17-23-12-27(23)32-26(7-3-9-30(32)39)25-14-37-38(16-25)15-21-5-2-6-22(11-21)33(40)36-19-46(42,43)44/h2-11,14,16,23-24,27-28H,12-13,15,17-19H2,1H3,(H,36,40)(H,42,43,44)/t23-,24?,27-,28?/m0/s1. The highest BCUT2D eigenvalue weighted by Gasteiger charge is 2.52. The van der Waals surface area contributed by atoms with Gasteiger partial charge in [-0.15, -0.1) is 0 Å². The van der Waals surface area contributed by atoms with E-state index in [9.17, 15) is 18.0 Å². The van der Waals surface area contributed by atoms with Crippen LogP contribution in [0.25, 0.3) is 11.1 Å². The van der Waals surface area contributed by atoms with Crippen LogP contribution in [0.5, 0.6) is 5.75 Å². The molecular formula is C34H33ClN4O6S. The molecule has 2 amide bonds. The molecule has 4 atom stereocenters. The summed E-state index contributed by atoms with van der Waals surface area (Å²) < 4.78 is 38.7. The summed E-state index contributed by atoms with van der Waals surface area (Å²) in [6.07, 6.45) is 5.65. The minimum absolute atomic E-state index is 0.0556. The highest BCUT2D eigenvalue weighted by molar-refractivity contribution is 7.85. The summed E-state index contributed by atoms with van der Waals surface area (Å²) in [4.78, 5) is 28.2. The van der Waals surface area contributed by atoms with E-state index >= 15 is 0 Å². The van der Waals surface area contributed by atoms with Crippen molar-refractivity contribution in [1.82, 2.24) is 15.1 Å². The van der Waals surface area contributed by atoms with Crippen molar-refractivity contribution < 1.29 is 27.3 Å². The zero-order chi connectivity index (χ0) is 32.2. The van der Waals surface area contributed by atoms with E-state index in [2.05, 4.69) is 22.5 Å². The van der Waals surface area contributed by atoms with Gasteiger partial charge in [0, 0.05) is 52.0 Å². The molecule has 2 heterocycles. The van der Waals surface area contributed by atoms with Crippen LogP contribution in [0.2, 0.25) is 5.02 Å². The smallest absolute Gasteiger partial charge is 0.283 e. The summed E-state index contributed by atoms with van der Waals surface area (Å²) in [6.45, 7) is 3.56. The van der Waals surface area contributed by atoms with Crippen LogP contribution in [-0.2, 0) is 21.5 Å². The second-order valence-corrected chi connectivity index (χ2v) is 14.3. The highest BCUT2D eigenvalue weighted by atomic mass is 35.5. The van der Waals surface area contributed by atoms with Crippen molar-refractivity contribution in [1.29, 1.82) is 0 Å². The van der Waals surface area contributed by atoms with E-state index < -0.39 is 21.9 Å². The molecule has 2 fully saturated rings. The summed E-state index contributed by atoms with van der Waals surface area (Å²) in [6, 6.07) is 18.6. The largest absolute Gasteiger partial charge is 0.493 e. The number of carbonyl (C=O) groups is 2. The van der Waals surface area contributed by atoms with E-state index in [4.69, 9.17) is 20.9 Å². The first kappa shape index (κ1) is 30.5. The molecule has 238 valence electrons. The molecule has 10 nitrogen and oxygen atoms in total. The van der Waals surface area contributed by atoms with E-state index in [1.165, 1.54) is 5.56 Å². The number of nitrogens with zero attached hydrogens (tertiary/aromatic N) is 3. The lowest BCUT2D eigenvalue weighted by Crippen LogP contribution is -2.37. The first-order valence-corrected chi connectivity index (χ1v) is 17.2. The van der Waals surface area contributed by atoms with Gasteiger partial charge < -0.3 is 15.0 Å². The normalized spacial score (nSPS) is 21.2. The molecule has 2 N–H and O–H groups in total. The molecule has 4 aromatic rings. The second kappa shape index (κ2) is 11.9.